The van der Waals surface area contributed by atoms with E-state index in [0.29, 0.717) is 13.2 Å². The number of ether oxygens (including phenoxy) is 1. The van der Waals surface area contributed by atoms with Crippen molar-refractivity contribution in [2.75, 3.05) is 52.4 Å². The molecule has 1 saturated heterocycles. The van der Waals surface area contributed by atoms with Crippen LogP contribution in [0.3, 0.4) is 0 Å². The summed E-state index contributed by atoms with van der Waals surface area (Å²) in [6, 6.07) is 7.97. The maximum Gasteiger partial charge on any atom is 0.315 e. The van der Waals surface area contributed by atoms with Crippen LogP contribution in [-0.2, 0) is 6.42 Å². The highest BCUT2D eigenvalue weighted by Crippen LogP contribution is 2.23. The third-order valence-electron chi connectivity index (χ3n) is 5.16. The van der Waals surface area contributed by atoms with Gasteiger partial charge in [0.25, 0.3) is 0 Å². The number of rotatable bonds is 7. The van der Waals surface area contributed by atoms with E-state index in [1.165, 1.54) is 26.1 Å². The molecular formula is C20H32N4O2. The van der Waals surface area contributed by atoms with Crippen LogP contribution in [0.25, 0.3) is 0 Å². The molecule has 0 aromatic heterocycles. The van der Waals surface area contributed by atoms with E-state index in [1.807, 2.05) is 18.2 Å². The number of hydrogen-bond acceptors (Lipinski definition) is 4. The molecule has 2 aliphatic heterocycles. The Morgan fingerprint density at radius 1 is 1.15 bits per heavy atom. The summed E-state index contributed by atoms with van der Waals surface area (Å²) >= 11 is 0. The van der Waals surface area contributed by atoms with Crippen LogP contribution in [0.4, 0.5) is 4.79 Å². The summed E-state index contributed by atoms with van der Waals surface area (Å²) in [7, 11) is 0. The maximum absolute atomic E-state index is 12.1. The first-order valence-corrected chi connectivity index (χ1v) is 9.94. The van der Waals surface area contributed by atoms with Crippen molar-refractivity contribution in [1.82, 2.24) is 20.4 Å². The van der Waals surface area contributed by atoms with Crippen LogP contribution in [-0.4, -0.2) is 74.3 Å². The highest BCUT2D eigenvalue weighted by atomic mass is 16.5. The average Bonchev–Trinajstić information content (AvgIpc) is 2.67. The van der Waals surface area contributed by atoms with Gasteiger partial charge in [-0.15, -0.1) is 0 Å². The zero-order valence-corrected chi connectivity index (χ0v) is 15.9. The summed E-state index contributed by atoms with van der Waals surface area (Å²) in [6.07, 6.45) is 3.05. The molecule has 1 fully saturated rings. The number of nitrogens with zero attached hydrogens (tertiary/aromatic N) is 2. The van der Waals surface area contributed by atoms with Crippen molar-refractivity contribution in [3.8, 4) is 5.75 Å². The monoisotopic (exact) mass is 360 g/mol. The van der Waals surface area contributed by atoms with Crippen LogP contribution < -0.4 is 15.4 Å². The smallest absolute Gasteiger partial charge is 0.315 e. The molecule has 1 atom stereocenters. The lowest BCUT2D eigenvalue weighted by atomic mass is 10.0. The molecule has 2 aliphatic rings. The molecule has 3 rings (SSSR count). The van der Waals surface area contributed by atoms with Crippen molar-refractivity contribution in [2.45, 2.75) is 32.2 Å². The lowest BCUT2D eigenvalue weighted by Crippen LogP contribution is -2.48. The minimum absolute atomic E-state index is 0.0385. The van der Waals surface area contributed by atoms with E-state index in [4.69, 9.17) is 4.74 Å². The largest absolute Gasteiger partial charge is 0.491 e. The number of benzene rings is 1. The molecule has 144 valence electrons. The van der Waals surface area contributed by atoms with E-state index in [0.717, 1.165) is 43.8 Å². The highest BCUT2D eigenvalue weighted by molar-refractivity contribution is 5.74. The van der Waals surface area contributed by atoms with Crippen molar-refractivity contribution < 1.29 is 9.53 Å². The fourth-order valence-corrected chi connectivity index (χ4v) is 3.71. The average molecular weight is 361 g/mol. The van der Waals surface area contributed by atoms with Crippen molar-refractivity contribution in [3.63, 3.8) is 0 Å². The van der Waals surface area contributed by atoms with E-state index in [-0.39, 0.29) is 12.1 Å². The Morgan fingerprint density at radius 2 is 1.88 bits per heavy atom. The van der Waals surface area contributed by atoms with Gasteiger partial charge in [-0.05, 0) is 44.0 Å². The first-order chi connectivity index (χ1) is 12.7. The number of hydrogen-bond donors (Lipinski definition) is 2. The summed E-state index contributed by atoms with van der Waals surface area (Å²) in [5, 5.41) is 6.00. The Labute approximate surface area is 156 Å². The Bertz CT molecular complexity index is 573. The van der Waals surface area contributed by atoms with E-state index >= 15 is 0 Å². The molecule has 0 aliphatic carbocycles. The van der Waals surface area contributed by atoms with Gasteiger partial charge in [0.1, 0.15) is 12.4 Å². The molecule has 2 heterocycles. The van der Waals surface area contributed by atoms with Crippen molar-refractivity contribution >= 4 is 6.03 Å². The van der Waals surface area contributed by atoms with Gasteiger partial charge in [-0.1, -0.05) is 25.1 Å². The normalized spacial score (nSPS) is 20.9. The standard InChI is InChI=1S/C20H32N4O2/c1-2-9-23-11-13-24(14-12-23)10-5-8-21-20(25)22-18-15-17-6-3-4-7-19(17)26-16-18/h3-4,6-7,18H,2,5,8-16H2,1H3,(H2,21,22,25)/t18-/m0/s1. The SMILES string of the molecule is CCCN1CCN(CCCNC(=O)N[C@@H]2COc3ccccc3C2)CC1. The zero-order chi connectivity index (χ0) is 18.2. The van der Waals surface area contributed by atoms with Crippen LogP contribution in [0.15, 0.2) is 24.3 Å². The van der Waals surface area contributed by atoms with Gasteiger partial charge < -0.3 is 25.2 Å². The number of nitrogens with one attached hydrogen (secondary N) is 2. The lowest BCUT2D eigenvalue weighted by molar-refractivity contribution is 0.131. The minimum atomic E-state index is -0.0919. The summed E-state index contributed by atoms with van der Waals surface area (Å²) in [4.78, 5) is 17.1. The maximum atomic E-state index is 12.1. The topological polar surface area (TPSA) is 56.8 Å². The first kappa shape index (κ1) is 19.0. The summed E-state index contributed by atoms with van der Waals surface area (Å²) in [5.74, 6) is 0.935. The molecule has 0 radical (unpaired) electrons. The second kappa shape index (κ2) is 9.78. The number of amides is 2. The number of fused-ring (bicyclic) bond motifs is 1. The Kier molecular flexibility index (Phi) is 7.14. The summed E-state index contributed by atoms with van der Waals surface area (Å²) < 4.78 is 5.71. The van der Waals surface area contributed by atoms with E-state index in [1.54, 1.807) is 0 Å². The molecule has 0 spiro atoms. The number of piperazine rings is 1. The van der Waals surface area contributed by atoms with Gasteiger partial charge >= 0.3 is 6.03 Å². The highest BCUT2D eigenvalue weighted by Gasteiger charge is 2.21. The molecule has 6 nitrogen and oxygen atoms in total. The van der Waals surface area contributed by atoms with Crippen LogP contribution in [0.2, 0.25) is 0 Å². The molecule has 26 heavy (non-hydrogen) atoms. The molecule has 0 unspecified atom stereocenters. The Morgan fingerprint density at radius 3 is 2.65 bits per heavy atom. The van der Waals surface area contributed by atoms with Crippen molar-refractivity contribution in [3.05, 3.63) is 29.8 Å². The number of carbonyl (C=O) groups is 1. The number of para-hydroxylation sites is 1. The quantitative estimate of drug-likeness (QED) is 0.727. The van der Waals surface area contributed by atoms with Crippen molar-refractivity contribution in [2.24, 2.45) is 0 Å². The molecule has 2 N–H and O–H groups in total. The third kappa shape index (κ3) is 5.61. The van der Waals surface area contributed by atoms with Gasteiger partial charge in [0.2, 0.25) is 0 Å². The van der Waals surface area contributed by atoms with Crippen LogP contribution >= 0.6 is 0 Å². The van der Waals surface area contributed by atoms with E-state index in [2.05, 4.69) is 33.4 Å². The Hall–Kier alpha value is -1.79. The molecule has 1 aromatic rings. The number of urea groups is 1. The summed E-state index contributed by atoms with van der Waals surface area (Å²) in [6.45, 7) is 10.4. The van der Waals surface area contributed by atoms with Gasteiger partial charge in [-0.3, -0.25) is 0 Å². The zero-order valence-electron chi connectivity index (χ0n) is 15.9. The third-order valence-corrected chi connectivity index (χ3v) is 5.16. The molecule has 6 heteroatoms. The second-order valence-electron chi connectivity index (χ2n) is 7.26. The minimum Gasteiger partial charge on any atom is -0.491 e. The molecule has 0 saturated carbocycles. The van der Waals surface area contributed by atoms with Crippen LogP contribution in [0, 0.1) is 0 Å². The van der Waals surface area contributed by atoms with Gasteiger partial charge in [0, 0.05) is 32.7 Å². The van der Waals surface area contributed by atoms with Gasteiger partial charge in [-0.2, -0.15) is 0 Å². The van der Waals surface area contributed by atoms with E-state index in [9.17, 15) is 4.79 Å². The summed E-state index contributed by atoms with van der Waals surface area (Å²) in [5.41, 5.74) is 1.16. The fourth-order valence-electron chi connectivity index (χ4n) is 3.71. The van der Waals surface area contributed by atoms with Gasteiger partial charge in [0.05, 0.1) is 6.04 Å². The number of carbonyl (C=O) groups excluding carboxylic acids is 1. The predicted octanol–water partition coefficient (Wildman–Crippen LogP) is 1.71. The lowest BCUT2D eigenvalue weighted by Gasteiger charge is -2.34. The molecular weight excluding hydrogens is 328 g/mol. The molecule has 2 amide bonds. The van der Waals surface area contributed by atoms with Crippen molar-refractivity contribution in [1.29, 1.82) is 0 Å². The Balaban J connectivity index is 1.27. The second-order valence-corrected chi connectivity index (χ2v) is 7.26. The van der Waals surface area contributed by atoms with Gasteiger partial charge in [0.15, 0.2) is 0 Å². The van der Waals surface area contributed by atoms with E-state index < -0.39 is 0 Å². The van der Waals surface area contributed by atoms with Gasteiger partial charge in [-0.25, -0.2) is 4.79 Å². The van der Waals surface area contributed by atoms with Crippen LogP contribution in [0.1, 0.15) is 25.3 Å². The predicted molar refractivity (Wildman–Crippen MR) is 104 cm³/mol. The van der Waals surface area contributed by atoms with Crippen LogP contribution in [0.5, 0.6) is 5.75 Å². The first-order valence-electron chi connectivity index (χ1n) is 9.94. The molecule has 1 aromatic carbocycles. The molecule has 0 bridgehead atoms. The fraction of sp³-hybridized carbons (Fsp3) is 0.650.